The van der Waals surface area contributed by atoms with Crippen molar-refractivity contribution in [3.63, 3.8) is 0 Å². The van der Waals surface area contributed by atoms with Gasteiger partial charge in [-0.15, -0.1) is 0 Å². The highest BCUT2D eigenvalue weighted by Gasteiger charge is 2.51. The van der Waals surface area contributed by atoms with Crippen molar-refractivity contribution in [2.24, 2.45) is 11.7 Å². The number of amides is 3. The summed E-state index contributed by atoms with van der Waals surface area (Å²) in [5.74, 6) is -1.65. The summed E-state index contributed by atoms with van der Waals surface area (Å²) in [5, 5.41) is 9.93. The second-order valence-electron chi connectivity index (χ2n) is 6.97. The van der Waals surface area contributed by atoms with E-state index in [4.69, 9.17) is 5.73 Å². The molecule has 2 heterocycles. The third-order valence-corrected chi connectivity index (χ3v) is 5.15. The first-order valence-electron chi connectivity index (χ1n) is 8.88. The highest BCUT2D eigenvalue weighted by molar-refractivity contribution is 5.98. The molecule has 0 bridgehead atoms. The number of rotatable bonds is 7. The van der Waals surface area contributed by atoms with Crippen LogP contribution in [0.2, 0.25) is 0 Å². The van der Waals surface area contributed by atoms with E-state index in [9.17, 15) is 24.3 Å². The first-order chi connectivity index (χ1) is 11.8. The summed E-state index contributed by atoms with van der Waals surface area (Å²) in [4.78, 5) is 51.2. The van der Waals surface area contributed by atoms with Crippen LogP contribution in [0, 0.1) is 5.92 Å². The van der Waals surface area contributed by atoms with Crippen molar-refractivity contribution < 1.29 is 24.3 Å². The summed E-state index contributed by atoms with van der Waals surface area (Å²) in [5.41, 5.74) is 5.20. The predicted molar refractivity (Wildman–Crippen MR) is 89.1 cm³/mol. The van der Waals surface area contributed by atoms with E-state index in [-0.39, 0.29) is 30.7 Å². The Balaban J connectivity index is 2.01. The zero-order valence-electron chi connectivity index (χ0n) is 14.8. The molecule has 140 valence electrons. The Morgan fingerprint density at radius 2 is 1.96 bits per heavy atom. The third-order valence-electron chi connectivity index (χ3n) is 5.15. The fourth-order valence-electron chi connectivity index (χ4n) is 3.60. The van der Waals surface area contributed by atoms with E-state index in [2.05, 4.69) is 0 Å². The molecule has 0 aromatic rings. The molecule has 3 N–H and O–H groups in total. The van der Waals surface area contributed by atoms with Crippen LogP contribution >= 0.6 is 0 Å². The quantitative estimate of drug-likeness (QED) is 0.635. The van der Waals surface area contributed by atoms with Crippen molar-refractivity contribution in [2.45, 2.75) is 64.1 Å². The number of aliphatic hydroxyl groups excluding tert-OH is 1. The molecular weight excluding hydrogens is 326 g/mol. The molecule has 25 heavy (non-hydrogen) atoms. The molecule has 2 aliphatic rings. The normalized spacial score (nSPS) is 25.0. The molecule has 0 spiro atoms. The van der Waals surface area contributed by atoms with Gasteiger partial charge in [0.05, 0.1) is 12.6 Å². The van der Waals surface area contributed by atoms with E-state index in [1.54, 1.807) is 6.92 Å². The molecular formula is C17H27N3O5. The Bertz CT molecular complexity index is 564. The highest BCUT2D eigenvalue weighted by atomic mass is 16.3. The van der Waals surface area contributed by atoms with Crippen LogP contribution in [0.15, 0.2) is 0 Å². The van der Waals surface area contributed by atoms with E-state index in [1.807, 2.05) is 6.92 Å². The maximum atomic E-state index is 12.4. The molecule has 4 unspecified atom stereocenters. The highest BCUT2D eigenvalue weighted by Crippen LogP contribution is 2.31. The van der Waals surface area contributed by atoms with Gasteiger partial charge in [-0.25, -0.2) is 0 Å². The third kappa shape index (κ3) is 4.00. The molecule has 8 nitrogen and oxygen atoms in total. The van der Waals surface area contributed by atoms with Crippen LogP contribution in [0.3, 0.4) is 0 Å². The van der Waals surface area contributed by atoms with Gasteiger partial charge in [0.2, 0.25) is 11.8 Å². The number of Topliss-reactive ketones (excluding diaryl/α,β-unsaturated/α-hetero) is 1. The van der Waals surface area contributed by atoms with Gasteiger partial charge >= 0.3 is 0 Å². The fourth-order valence-corrected chi connectivity index (χ4v) is 3.60. The van der Waals surface area contributed by atoms with Gasteiger partial charge in [-0.05, 0) is 19.3 Å². The first-order valence-corrected chi connectivity index (χ1v) is 8.88. The maximum Gasteiger partial charge on any atom is 0.252 e. The Labute approximate surface area is 147 Å². The zero-order chi connectivity index (χ0) is 18.7. The lowest BCUT2D eigenvalue weighted by Crippen LogP contribution is -2.45. The second-order valence-corrected chi connectivity index (χ2v) is 6.97. The van der Waals surface area contributed by atoms with E-state index in [0.29, 0.717) is 32.2 Å². The lowest BCUT2D eigenvalue weighted by atomic mass is 10.0. The van der Waals surface area contributed by atoms with Gasteiger partial charge in [-0.3, -0.25) is 19.2 Å². The summed E-state index contributed by atoms with van der Waals surface area (Å²) < 4.78 is 0. The SMILES string of the molecule is CCCC(O)C(=O)N1CC(=O)C2C1CCN2C(=O)CCC(C)C(N)=O. The largest absolute Gasteiger partial charge is 0.383 e. The number of nitrogens with zero attached hydrogens (tertiary/aromatic N) is 2. The molecule has 2 rings (SSSR count). The number of primary amides is 1. The Kier molecular flexibility index (Phi) is 6.16. The number of hydrogen-bond acceptors (Lipinski definition) is 5. The number of carbonyl (C=O) groups excluding carboxylic acids is 4. The standard InChI is InChI=1S/C17H27N3O5/c1-3-4-12(21)17(25)20-9-13(22)15-11(20)7-8-19(15)14(23)6-5-10(2)16(18)24/h10-12,15,21H,3-9H2,1-2H3,(H2,18,24). The van der Waals surface area contributed by atoms with Gasteiger partial charge in [0.1, 0.15) is 12.1 Å². The molecule has 0 saturated carbocycles. The number of likely N-dealkylation sites (tertiary alicyclic amines) is 2. The van der Waals surface area contributed by atoms with Crippen molar-refractivity contribution in [3.8, 4) is 0 Å². The van der Waals surface area contributed by atoms with Crippen LogP contribution in [-0.4, -0.2) is 69.7 Å². The molecule has 0 aromatic carbocycles. The Hall–Kier alpha value is -1.96. The average molecular weight is 353 g/mol. The minimum absolute atomic E-state index is 0.0591. The molecule has 8 heteroatoms. The predicted octanol–water partition coefficient (Wildman–Crippen LogP) is -0.570. The van der Waals surface area contributed by atoms with Crippen LogP contribution in [-0.2, 0) is 19.2 Å². The first kappa shape index (κ1) is 19.4. The van der Waals surface area contributed by atoms with Crippen molar-refractivity contribution in [3.05, 3.63) is 0 Å². The topological polar surface area (TPSA) is 121 Å². The lowest BCUT2D eigenvalue weighted by molar-refractivity contribution is -0.142. The smallest absolute Gasteiger partial charge is 0.252 e. The van der Waals surface area contributed by atoms with Gasteiger partial charge in [-0.2, -0.15) is 0 Å². The zero-order valence-corrected chi connectivity index (χ0v) is 14.8. The second kappa shape index (κ2) is 7.95. The van der Waals surface area contributed by atoms with Crippen LogP contribution in [0.25, 0.3) is 0 Å². The van der Waals surface area contributed by atoms with Crippen molar-refractivity contribution in [1.29, 1.82) is 0 Å². The molecule has 2 fully saturated rings. The maximum absolute atomic E-state index is 12.4. The van der Waals surface area contributed by atoms with E-state index < -0.39 is 29.9 Å². The number of fused-ring (bicyclic) bond motifs is 1. The van der Waals surface area contributed by atoms with Gasteiger partial charge in [0, 0.05) is 18.9 Å². The van der Waals surface area contributed by atoms with Gasteiger partial charge in [-0.1, -0.05) is 20.3 Å². The summed E-state index contributed by atoms with van der Waals surface area (Å²) in [7, 11) is 0. The number of ketones is 1. The van der Waals surface area contributed by atoms with E-state index >= 15 is 0 Å². The molecule has 0 aliphatic carbocycles. The number of carbonyl (C=O) groups is 4. The van der Waals surface area contributed by atoms with E-state index in [0.717, 1.165) is 0 Å². The van der Waals surface area contributed by atoms with Crippen LogP contribution in [0.4, 0.5) is 0 Å². The molecule has 2 aliphatic heterocycles. The van der Waals surface area contributed by atoms with Crippen LogP contribution < -0.4 is 5.73 Å². The number of aliphatic hydroxyl groups is 1. The average Bonchev–Trinajstić information content (AvgIpc) is 3.13. The monoisotopic (exact) mass is 353 g/mol. The summed E-state index contributed by atoms with van der Waals surface area (Å²) in [6, 6.07) is -0.988. The summed E-state index contributed by atoms with van der Waals surface area (Å²) >= 11 is 0. The lowest BCUT2D eigenvalue weighted by Gasteiger charge is -2.26. The number of hydrogen-bond donors (Lipinski definition) is 2. The molecule has 0 radical (unpaired) electrons. The van der Waals surface area contributed by atoms with Crippen LogP contribution in [0.1, 0.15) is 46.0 Å². The van der Waals surface area contributed by atoms with Gasteiger partial charge < -0.3 is 20.6 Å². The molecule has 2 saturated heterocycles. The summed E-state index contributed by atoms with van der Waals surface area (Å²) in [6.45, 7) is 3.88. The van der Waals surface area contributed by atoms with Gasteiger partial charge in [0.15, 0.2) is 5.78 Å². The number of nitrogens with two attached hydrogens (primary N) is 1. The van der Waals surface area contributed by atoms with Crippen molar-refractivity contribution in [1.82, 2.24) is 9.80 Å². The summed E-state index contributed by atoms with van der Waals surface area (Å²) in [6.07, 6.45) is 0.942. The van der Waals surface area contributed by atoms with Crippen molar-refractivity contribution in [2.75, 3.05) is 13.1 Å². The van der Waals surface area contributed by atoms with Crippen molar-refractivity contribution >= 4 is 23.5 Å². The fraction of sp³-hybridized carbons (Fsp3) is 0.765. The molecule has 0 aromatic heterocycles. The minimum atomic E-state index is -1.10. The van der Waals surface area contributed by atoms with Crippen LogP contribution in [0.5, 0.6) is 0 Å². The minimum Gasteiger partial charge on any atom is -0.383 e. The van der Waals surface area contributed by atoms with Gasteiger partial charge in [0.25, 0.3) is 5.91 Å². The molecule has 4 atom stereocenters. The Morgan fingerprint density at radius 3 is 2.56 bits per heavy atom. The Morgan fingerprint density at radius 1 is 1.28 bits per heavy atom. The molecule has 3 amide bonds. The van der Waals surface area contributed by atoms with E-state index in [1.165, 1.54) is 9.80 Å².